The smallest absolute Gasteiger partial charge is 0.130 e. The molecule has 1 atom stereocenters. The van der Waals surface area contributed by atoms with Crippen LogP contribution in [0.3, 0.4) is 0 Å². The third-order valence-corrected chi connectivity index (χ3v) is 1.91. The fourth-order valence-corrected chi connectivity index (χ4v) is 1.25. The number of ether oxygens (including phenoxy) is 1. The predicted molar refractivity (Wildman–Crippen MR) is 44.8 cm³/mol. The molecule has 62 valence electrons. The van der Waals surface area contributed by atoms with Crippen LogP contribution in [0, 0.1) is 5.41 Å². The van der Waals surface area contributed by atoms with E-state index >= 15 is 0 Å². The summed E-state index contributed by atoms with van der Waals surface area (Å²) in [4.78, 5) is 0. The van der Waals surface area contributed by atoms with Crippen LogP contribution in [0.15, 0.2) is 24.3 Å². The van der Waals surface area contributed by atoms with Crippen LogP contribution in [-0.2, 0) is 0 Å². The normalized spacial score (nSPS) is 21.4. The second-order valence-electron chi connectivity index (χ2n) is 2.74. The van der Waals surface area contributed by atoms with E-state index in [4.69, 9.17) is 10.1 Å². The van der Waals surface area contributed by atoms with Crippen molar-refractivity contribution >= 4 is 5.71 Å². The van der Waals surface area contributed by atoms with E-state index in [9.17, 15) is 5.11 Å². The van der Waals surface area contributed by atoms with Gasteiger partial charge in [0.2, 0.25) is 0 Å². The van der Waals surface area contributed by atoms with Crippen molar-refractivity contribution in [2.75, 3.05) is 6.61 Å². The van der Waals surface area contributed by atoms with Gasteiger partial charge in [-0.1, -0.05) is 12.1 Å². The molecule has 0 unspecified atom stereocenters. The van der Waals surface area contributed by atoms with Crippen molar-refractivity contribution in [1.29, 1.82) is 5.41 Å². The molecular weight excluding hydrogens is 154 g/mol. The molecule has 0 radical (unpaired) electrons. The standard InChI is InChI=1S/C9H9NO2/c10-9-6-3-1-2-4-8(6)12-5-7(9)11/h1-4,7,10-11H,5H2/t7-/m1/s1. The van der Waals surface area contributed by atoms with Crippen LogP contribution >= 0.6 is 0 Å². The van der Waals surface area contributed by atoms with Crippen molar-refractivity contribution in [3.63, 3.8) is 0 Å². The van der Waals surface area contributed by atoms with Gasteiger partial charge in [0.05, 0.1) is 5.71 Å². The number of fused-ring (bicyclic) bond motifs is 1. The van der Waals surface area contributed by atoms with Gasteiger partial charge in [0, 0.05) is 5.56 Å². The predicted octanol–water partition coefficient (Wildman–Crippen LogP) is 0.808. The Balaban J connectivity index is 2.49. The maximum absolute atomic E-state index is 9.27. The number of benzene rings is 1. The van der Waals surface area contributed by atoms with Crippen LogP contribution in [0.4, 0.5) is 0 Å². The molecule has 1 heterocycles. The molecule has 0 saturated carbocycles. The first-order chi connectivity index (χ1) is 5.79. The van der Waals surface area contributed by atoms with Gasteiger partial charge in [-0.15, -0.1) is 0 Å². The molecule has 3 nitrogen and oxygen atoms in total. The van der Waals surface area contributed by atoms with Gasteiger partial charge < -0.3 is 15.3 Å². The Hall–Kier alpha value is -1.35. The molecule has 0 spiro atoms. The first-order valence-electron chi connectivity index (χ1n) is 3.78. The van der Waals surface area contributed by atoms with Gasteiger partial charge in [0.1, 0.15) is 18.5 Å². The molecule has 1 aliphatic heterocycles. The molecular formula is C9H9NO2. The third kappa shape index (κ3) is 0.987. The molecule has 1 aromatic carbocycles. The Morgan fingerprint density at radius 1 is 1.42 bits per heavy atom. The molecule has 2 rings (SSSR count). The summed E-state index contributed by atoms with van der Waals surface area (Å²) in [6.07, 6.45) is -0.778. The molecule has 0 amide bonds. The van der Waals surface area contributed by atoms with E-state index in [1.807, 2.05) is 12.1 Å². The highest BCUT2D eigenvalue weighted by Crippen LogP contribution is 2.23. The lowest BCUT2D eigenvalue weighted by molar-refractivity contribution is 0.150. The quantitative estimate of drug-likeness (QED) is 0.594. The van der Waals surface area contributed by atoms with Crippen molar-refractivity contribution in [2.45, 2.75) is 6.10 Å². The van der Waals surface area contributed by atoms with E-state index in [0.29, 0.717) is 11.3 Å². The molecule has 0 aliphatic carbocycles. The number of para-hydroxylation sites is 1. The van der Waals surface area contributed by atoms with Crippen LogP contribution in [-0.4, -0.2) is 23.5 Å². The Bertz CT molecular complexity index is 322. The Morgan fingerprint density at radius 2 is 2.17 bits per heavy atom. The second-order valence-corrected chi connectivity index (χ2v) is 2.74. The van der Waals surface area contributed by atoms with Crippen LogP contribution in [0.2, 0.25) is 0 Å². The molecule has 1 aromatic rings. The summed E-state index contributed by atoms with van der Waals surface area (Å²) in [6, 6.07) is 7.26. The van der Waals surface area contributed by atoms with E-state index in [-0.39, 0.29) is 12.3 Å². The van der Waals surface area contributed by atoms with E-state index in [1.165, 1.54) is 0 Å². The van der Waals surface area contributed by atoms with Crippen LogP contribution in [0.1, 0.15) is 5.56 Å². The van der Waals surface area contributed by atoms with Crippen LogP contribution < -0.4 is 4.74 Å². The average molecular weight is 163 g/mol. The average Bonchev–Trinajstić information content (AvgIpc) is 2.12. The largest absolute Gasteiger partial charge is 0.490 e. The SMILES string of the molecule is N=C1c2ccccc2OC[C@H]1O. The van der Waals surface area contributed by atoms with Crippen molar-refractivity contribution in [3.8, 4) is 5.75 Å². The lowest BCUT2D eigenvalue weighted by Crippen LogP contribution is -2.32. The number of hydrogen-bond donors (Lipinski definition) is 2. The Labute approximate surface area is 70.1 Å². The number of nitrogens with one attached hydrogen (secondary N) is 1. The molecule has 0 aromatic heterocycles. The number of rotatable bonds is 0. The zero-order chi connectivity index (χ0) is 8.55. The zero-order valence-corrected chi connectivity index (χ0v) is 6.45. The van der Waals surface area contributed by atoms with Crippen molar-refractivity contribution in [1.82, 2.24) is 0 Å². The summed E-state index contributed by atoms with van der Waals surface area (Å²) < 4.78 is 5.22. The molecule has 0 saturated heterocycles. The Kier molecular flexibility index (Phi) is 1.59. The molecule has 0 bridgehead atoms. The summed E-state index contributed by atoms with van der Waals surface area (Å²) >= 11 is 0. The topological polar surface area (TPSA) is 53.3 Å². The fraction of sp³-hybridized carbons (Fsp3) is 0.222. The summed E-state index contributed by atoms with van der Waals surface area (Å²) in [5, 5.41) is 16.8. The molecule has 2 N–H and O–H groups in total. The van der Waals surface area contributed by atoms with Crippen molar-refractivity contribution < 1.29 is 9.84 Å². The number of hydrogen-bond acceptors (Lipinski definition) is 3. The van der Waals surface area contributed by atoms with E-state index in [1.54, 1.807) is 12.1 Å². The maximum atomic E-state index is 9.27. The van der Waals surface area contributed by atoms with Gasteiger partial charge in [0.25, 0.3) is 0 Å². The van der Waals surface area contributed by atoms with E-state index < -0.39 is 6.10 Å². The first kappa shape index (κ1) is 7.31. The minimum atomic E-state index is -0.778. The van der Waals surface area contributed by atoms with Gasteiger partial charge in [-0.25, -0.2) is 0 Å². The van der Waals surface area contributed by atoms with E-state index in [0.717, 1.165) is 0 Å². The number of aliphatic hydroxyl groups excluding tert-OH is 1. The van der Waals surface area contributed by atoms with Gasteiger partial charge in [0.15, 0.2) is 0 Å². The Morgan fingerprint density at radius 3 is 3.00 bits per heavy atom. The maximum Gasteiger partial charge on any atom is 0.130 e. The summed E-state index contributed by atoms with van der Waals surface area (Å²) in [5.41, 5.74) is 0.938. The fourth-order valence-electron chi connectivity index (χ4n) is 1.25. The van der Waals surface area contributed by atoms with Crippen LogP contribution in [0.5, 0.6) is 5.75 Å². The van der Waals surface area contributed by atoms with Gasteiger partial charge in [-0.2, -0.15) is 0 Å². The van der Waals surface area contributed by atoms with Gasteiger partial charge >= 0.3 is 0 Å². The highest BCUT2D eigenvalue weighted by Gasteiger charge is 2.22. The third-order valence-electron chi connectivity index (χ3n) is 1.91. The monoisotopic (exact) mass is 163 g/mol. The lowest BCUT2D eigenvalue weighted by atomic mass is 10.0. The number of aliphatic hydroxyl groups is 1. The minimum absolute atomic E-state index is 0.190. The summed E-state index contributed by atoms with van der Waals surface area (Å²) in [5.74, 6) is 0.688. The van der Waals surface area contributed by atoms with Gasteiger partial charge in [-0.3, -0.25) is 0 Å². The first-order valence-corrected chi connectivity index (χ1v) is 3.78. The summed E-state index contributed by atoms with van der Waals surface area (Å²) in [6.45, 7) is 0.190. The minimum Gasteiger partial charge on any atom is -0.490 e. The van der Waals surface area contributed by atoms with Crippen molar-refractivity contribution in [3.05, 3.63) is 29.8 Å². The second kappa shape index (κ2) is 2.60. The van der Waals surface area contributed by atoms with Gasteiger partial charge in [-0.05, 0) is 12.1 Å². The highest BCUT2D eigenvalue weighted by molar-refractivity contribution is 6.04. The van der Waals surface area contributed by atoms with Crippen LogP contribution in [0.25, 0.3) is 0 Å². The molecule has 0 fully saturated rings. The highest BCUT2D eigenvalue weighted by atomic mass is 16.5. The van der Waals surface area contributed by atoms with Crippen molar-refractivity contribution in [2.24, 2.45) is 0 Å². The zero-order valence-electron chi connectivity index (χ0n) is 6.45. The summed E-state index contributed by atoms with van der Waals surface area (Å²) in [7, 11) is 0. The molecule has 3 heteroatoms. The van der Waals surface area contributed by atoms with E-state index in [2.05, 4.69) is 0 Å². The molecule has 1 aliphatic rings. The molecule has 12 heavy (non-hydrogen) atoms. The lowest BCUT2D eigenvalue weighted by Gasteiger charge is -2.22.